The molecule has 0 unspecified atom stereocenters. The summed E-state index contributed by atoms with van der Waals surface area (Å²) in [5, 5.41) is 19.2. The summed E-state index contributed by atoms with van der Waals surface area (Å²) in [6.45, 7) is 4.38. The molecule has 180 valence electrons. The van der Waals surface area contributed by atoms with E-state index >= 15 is 0 Å². The summed E-state index contributed by atoms with van der Waals surface area (Å²) < 4.78 is 1.78. The number of carbonyl (C=O) groups is 1. The van der Waals surface area contributed by atoms with E-state index in [9.17, 15) is 4.79 Å². The third-order valence-electron chi connectivity index (χ3n) is 5.92. The second-order valence-corrected chi connectivity index (χ2v) is 8.71. The Morgan fingerprint density at radius 1 is 1.06 bits per heavy atom. The van der Waals surface area contributed by atoms with E-state index in [2.05, 4.69) is 30.9 Å². The molecule has 0 fully saturated rings. The third-order valence-corrected chi connectivity index (χ3v) is 5.92. The first-order chi connectivity index (χ1) is 17.5. The van der Waals surface area contributed by atoms with Gasteiger partial charge in [-0.2, -0.15) is 10.2 Å². The van der Waals surface area contributed by atoms with E-state index in [0.717, 1.165) is 50.6 Å². The lowest BCUT2D eigenvalue weighted by atomic mass is 10.1. The Morgan fingerprint density at radius 2 is 1.92 bits per heavy atom. The van der Waals surface area contributed by atoms with Gasteiger partial charge in [0.25, 0.3) is 5.91 Å². The Bertz CT molecular complexity index is 1580. The SMILES string of the molecule is Cc1ccnc(/C=C/c2n[nH]c3cc(Nc4ccccc4C(=O)NCc4cc(C)nn4C)ccc23)c1. The minimum absolute atomic E-state index is 0.156. The number of amides is 1. The van der Waals surface area contributed by atoms with Crippen molar-refractivity contribution in [2.24, 2.45) is 7.05 Å². The molecule has 0 saturated heterocycles. The van der Waals surface area contributed by atoms with Crippen molar-refractivity contribution in [3.63, 3.8) is 0 Å². The van der Waals surface area contributed by atoms with E-state index in [0.29, 0.717) is 12.1 Å². The summed E-state index contributed by atoms with van der Waals surface area (Å²) in [4.78, 5) is 17.3. The largest absolute Gasteiger partial charge is 0.355 e. The highest BCUT2D eigenvalue weighted by molar-refractivity contribution is 6.00. The van der Waals surface area contributed by atoms with Crippen LogP contribution in [0.4, 0.5) is 11.4 Å². The van der Waals surface area contributed by atoms with Crippen LogP contribution in [0.5, 0.6) is 0 Å². The Morgan fingerprint density at radius 3 is 2.72 bits per heavy atom. The molecule has 0 aliphatic rings. The van der Waals surface area contributed by atoms with Gasteiger partial charge in [-0.25, -0.2) is 0 Å². The molecule has 0 spiro atoms. The smallest absolute Gasteiger partial charge is 0.253 e. The second-order valence-electron chi connectivity index (χ2n) is 8.71. The molecule has 3 heterocycles. The highest BCUT2D eigenvalue weighted by Crippen LogP contribution is 2.26. The van der Waals surface area contributed by atoms with Crippen molar-refractivity contribution in [1.29, 1.82) is 0 Å². The Kier molecular flexibility index (Phi) is 6.32. The van der Waals surface area contributed by atoms with E-state index in [-0.39, 0.29) is 5.91 Å². The fraction of sp³-hybridized carbons (Fsp3) is 0.143. The zero-order valence-electron chi connectivity index (χ0n) is 20.4. The van der Waals surface area contributed by atoms with Gasteiger partial charge in [-0.1, -0.05) is 12.1 Å². The quantitative estimate of drug-likeness (QED) is 0.301. The highest BCUT2D eigenvalue weighted by Gasteiger charge is 2.13. The fourth-order valence-electron chi connectivity index (χ4n) is 4.10. The van der Waals surface area contributed by atoms with Crippen LogP contribution in [0.25, 0.3) is 23.1 Å². The van der Waals surface area contributed by atoms with Crippen LogP contribution in [0.2, 0.25) is 0 Å². The number of rotatable bonds is 7. The standard InChI is InChI=1S/C28H27N7O/c1-18-12-13-29-20(14-18)9-11-26-23-10-8-21(16-27(23)33-32-26)31-25-7-5-4-6-24(25)28(36)30-17-22-15-19(2)34-35(22)3/h4-16,31H,17H2,1-3H3,(H,30,36)(H,32,33)/b11-9+. The molecule has 0 aliphatic carbocycles. The van der Waals surface area contributed by atoms with Gasteiger partial charge in [0.1, 0.15) is 0 Å². The second kappa shape index (κ2) is 9.87. The molecular formula is C28H27N7O. The average Bonchev–Trinajstić information content (AvgIpc) is 3.42. The predicted molar refractivity (Wildman–Crippen MR) is 143 cm³/mol. The predicted octanol–water partition coefficient (Wildman–Crippen LogP) is 5.15. The van der Waals surface area contributed by atoms with Gasteiger partial charge < -0.3 is 10.6 Å². The van der Waals surface area contributed by atoms with Crippen LogP contribution < -0.4 is 10.6 Å². The van der Waals surface area contributed by atoms with Gasteiger partial charge in [-0.3, -0.25) is 19.6 Å². The molecule has 0 bridgehead atoms. The van der Waals surface area contributed by atoms with Gasteiger partial charge in [0.15, 0.2) is 0 Å². The van der Waals surface area contributed by atoms with Crippen LogP contribution >= 0.6 is 0 Å². The molecule has 0 aliphatic heterocycles. The number of fused-ring (bicyclic) bond motifs is 1. The Hall–Kier alpha value is -4.72. The molecule has 5 rings (SSSR count). The number of benzene rings is 2. The minimum atomic E-state index is -0.156. The van der Waals surface area contributed by atoms with Crippen molar-refractivity contribution < 1.29 is 4.79 Å². The van der Waals surface area contributed by atoms with Gasteiger partial charge in [-0.05, 0) is 80.1 Å². The molecule has 3 N–H and O–H groups in total. The number of hydrogen-bond acceptors (Lipinski definition) is 5. The number of aromatic amines is 1. The molecule has 1 amide bonds. The summed E-state index contributed by atoms with van der Waals surface area (Å²) in [5.74, 6) is -0.156. The zero-order valence-corrected chi connectivity index (χ0v) is 20.4. The van der Waals surface area contributed by atoms with Gasteiger partial charge in [0.05, 0.1) is 46.1 Å². The number of pyridine rings is 1. The van der Waals surface area contributed by atoms with Crippen molar-refractivity contribution in [3.05, 3.63) is 101 Å². The third kappa shape index (κ3) is 5.02. The summed E-state index contributed by atoms with van der Waals surface area (Å²) in [6, 6.07) is 19.4. The van der Waals surface area contributed by atoms with Crippen LogP contribution in [0.1, 0.15) is 38.7 Å². The number of carbonyl (C=O) groups excluding carboxylic acids is 1. The van der Waals surface area contributed by atoms with Gasteiger partial charge in [0, 0.05) is 24.3 Å². The summed E-state index contributed by atoms with van der Waals surface area (Å²) in [6.07, 6.45) is 5.71. The molecular weight excluding hydrogens is 450 g/mol. The molecule has 2 aromatic carbocycles. The van der Waals surface area contributed by atoms with Crippen molar-refractivity contribution in [2.45, 2.75) is 20.4 Å². The van der Waals surface area contributed by atoms with Crippen molar-refractivity contribution in [3.8, 4) is 0 Å². The number of H-pyrrole nitrogens is 1. The average molecular weight is 478 g/mol. The van der Waals surface area contributed by atoms with Crippen LogP contribution in [0.15, 0.2) is 66.9 Å². The highest BCUT2D eigenvalue weighted by atomic mass is 16.1. The molecule has 0 saturated carbocycles. The lowest BCUT2D eigenvalue weighted by Crippen LogP contribution is -2.24. The van der Waals surface area contributed by atoms with Crippen molar-refractivity contribution in [1.82, 2.24) is 30.3 Å². The first-order valence-corrected chi connectivity index (χ1v) is 11.7. The van der Waals surface area contributed by atoms with E-state index in [1.807, 2.05) is 93.7 Å². The normalized spacial score (nSPS) is 11.3. The zero-order chi connectivity index (χ0) is 25.1. The lowest BCUT2D eigenvalue weighted by molar-refractivity contribution is 0.0951. The number of para-hydroxylation sites is 1. The summed E-state index contributed by atoms with van der Waals surface area (Å²) >= 11 is 0. The number of nitrogens with zero attached hydrogens (tertiary/aromatic N) is 4. The minimum Gasteiger partial charge on any atom is -0.355 e. The van der Waals surface area contributed by atoms with Crippen LogP contribution in [0, 0.1) is 13.8 Å². The molecule has 0 atom stereocenters. The number of hydrogen-bond donors (Lipinski definition) is 3. The number of nitrogens with one attached hydrogen (secondary N) is 3. The van der Waals surface area contributed by atoms with Gasteiger partial charge in [-0.15, -0.1) is 0 Å². The first kappa shape index (κ1) is 23.0. The number of anilines is 2. The van der Waals surface area contributed by atoms with Crippen LogP contribution in [-0.4, -0.2) is 30.9 Å². The Balaban J connectivity index is 1.32. The molecule has 8 heteroatoms. The van der Waals surface area contributed by atoms with E-state index in [1.54, 1.807) is 10.9 Å². The molecule has 36 heavy (non-hydrogen) atoms. The van der Waals surface area contributed by atoms with E-state index in [4.69, 9.17) is 0 Å². The first-order valence-electron chi connectivity index (χ1n) is 11.7. The molecule has 0 radical (unpaired) electrons. The van der Waals surface area contributed by atoms with Gasteiger partial charge in [0.2, 0.25) is 0 Å². The topological polar surface area (TPSA) is 101 Å². The maximum Gasteiger partial charge on any atom is 0.253 e. The summed E-state index contributed by atoms with van der Waals surface area (Å²) in [5.41, 5.74) is 7.78. The monoisotopic (exact) mass is 477 g/mol. The number of aromatic nitrogens is 5. The maximum absolute atomic E-state index is 13.0. The van der Waals surface area contributed by atoms with Crippen molar-refractivity contribution in [2.75, 3.05) is 5.32 Å². The van der Waals surface area contributed by atoms with Crippen LogP contribution in [-0.2, 0) is 13.6 Å². The molecule has 5 aromatic rings. The Labute approximate surface area is 209 Å². The van der Waals surface area contributed by atoms with Crippen LogP contribution in [0.3, 0.4) is 0 Å². The summed E-state index contributed by atoms with van der Waals surface area (Å²) in [7, 11) is 1.87. The number of aryl methyl sites for hydroxylation is 3. The molecule has 8 nitrogen and oxygen atoms in total. The molecule has 3 aromatic heterocycles. The lowest BCUT2D eigenvalue weighted by Gasteiger charge is -2.12. The van der Waals surface area contributed by atoms with E-state index < -0.39 is 0 Å². The fourth-order valence-corrected chi connectivity index (χ4v) is 4.10. The van der Waals surface area contributed by atoms with E-state index in [1.165, 1.54) is 0 Å². The van der Waals surface area contributed by atoms with Gasteiger partial charge >= 0.3 is 0 Å². The maximum atomic E-state index is 13.0. The van der Waals surface area contributed by atoms with Crippen molar-refractivity contribution >= 4 is 40.3 Å².